The third kappa shape index (κ3) is 1.26. The lowest BCUT2D eigenvalue weighted by Gasteiger charge is -2.04. The van der Waals surface area contributed by atoms with E-state index in [0.29, 0.717) is 12.0 Å². The molecule has 0 aliphatic heterocycles. The Labute approximate surface area is 76.6 Å². The van der Waals surface area contributed by atoms with Gasteiger partial charge in [-0.25, -0.2) is 4.39 Å². The largest absolute Gasteiger partial charge is 0.294 e. The first-order chi connectivity index (χ1) is 6.22. The summed E-state index contributed by atoms with van der Waals surface area (Å²) >= 11 is 0. The molecule has 1 nitrogen and oxygen atoms in total. The summed E-state index contributed by atoms with van der Waals surface area (Å²) in [6.07, 6.45) is 2.14. The van der Waals surface area contributed by atoms with Gasteiger partial charge in [0.25, 0.3) is 0 Å². The highest BCUT2D eigenvalue weighted by atomic mass is 19.1. The molecule has 0 amide bonds. The number of aryl methyl sites for hydroxylation is 1. The standard InChI is InChI=1S/C11H11FO/c1-2-7-5-8(12)6-10-9(7)3-4-11(10)13/h5-6H,2-4H2,1H3. The van der Waals surface area contributed by atoms with E-state index in [4.69, 9.17) is 0 Å². The van der Waals surface area contributed by atoms with Crippen LogP contribution in [0.25, 0.3) is 0 Å². The summed E-state index contributed by atoms with van der Waals surface area (Å²) in [5, 5.41) is 0. The first kappa shape index (κ1) is 8.42. The lowest BCUT2D eigenvalue weighted by molar-refractivity contribution is 0.0994. The Morgan fingerprint density at radius 3 is 2.85 bits per heavy atom. The van der Waals surface area contributed by atoms with E-state index < -0.39 is 0 Å². The van der Waals surface area contributed by atoms with E-state index in [1.807, 2.05) is 6.92 Å². The molecule has 13 heavy (non-hydrogen) atoms. The van der Waals surface area contributed by atoms with Gasteiger partial charge in [0.15, 0.2) is 5.78 Å². The third-order valence-corrected chi connectivity index (χ3v) is 2.59. The summed E-state index contributed by atoms with van der Waals surface area (Å²) in [5.74, 6) is -0.199. The molecule has 0 fully saturated rings. The van der Waals surface area contributed by atoms with Crippen LogP contribution in [0.4, 0.5) is 4.39 Å². The fraction of sp³-hybridized carbons (Fsp3) is 0.364. The normalized spacial score (nSPS) is 14.8. The molecule has 1 aliphatic rings. The van der Waals surface area contributed by atoms with Gasteiger partial charge in [-0.15, -0.1) is 0 Å². The number of hydrogen-bond donors (Lipinski definition) is 0. The quantitative estimate of drug-likeness (QED) is 0.645. The zero-order valence-corrected chi connectivity index (χ0v) is 7.56. The molecule has 0 radical (unpaired) electrons. The molecule has 0 unspecified atom stereocenters. The number of carbonyl (C=O) groups is 1. The van der Waals surface area contributed by atoms with Crippen LogP contribution >= 0.6 is 0 Å². The van der Waals surface area contributed by atoms with E-state index in [-0.39, 0.29) is 11.6 Å². The van der Waals surface area contributed by atoms with Gasteiger partial charge in [-0.3, -0.25) is 4.79 Å². The number of carbonyl (C=O) groups excluding carboxylic acids is 1. The van der Waals surface area contributed by atoms with Crippen LogP contribution in [-0.2, 0) is 12.8 Å². The van der Waals surface area contributed by atoms with Crippen LogP contribution in [0, 0.1) is 5.82 Å². The number of benzene rings is 1. The van der Waals surface area contributed by atoms with Gasteiger partial charge in [-0.1, -0.05) is 6.92 Å². The Morgan fingerprint density at radius 1 is 1.38 bits per heavy atom. The van der Waals surface area contributed by atoms with Crippen LogP contribution in [0.1, 0.15) is 34.8 Å². The minimum Gasteiger partial charge on any atom is -0.294 e. The summed E-state index contributed by atoms with van der Waals surface area (Å²) < 4.78 is 13.0. The second kappa shape index (κ2) is 2.95. The van der Waals surface area contributed by atoms with Crippen molar-refractivity contribution < 1.29 is 9.18 Å². The van der Waals surface area contributed by atoms with Crippen molar-refractivity contribution in [1.29, 1.82) is 0 Å². The highest BCUT2D eigenvalue weighted by Gasteiger charge is 2.22. The number of fused-ring (bicyclic) bond motifs is 1. The molecular formula is C11H11FO. The van der Waals surface area contributed by atoms with Gasteiger partial charge in [-0.2, -0.15) is 0 Å². The molecule has 2 rings (SSSR count). The van der Waals surface area contributed by atoms with E-state index in [1.165, 1.54) is 12.1 Å². The maximum atomic E-state index is 13.0. The minimum atomic E-state index is -0.286. The van der Waals surface area contributed by atoms with E-state index in [9.17, 15) is 9.18 Å². The maximum absolute atomic E-state index is 13.0. The highest BCUT2D eigenvalue weighted by Crippen LogP contribution is 2.26. The van der Waals surface area contributed by atoms with Crippen molar-refractivity contribution in [3.8, 4) is 0 Å². The number of halogens is 1. The topological polar surface area (TPSA) is 17.1 Å². The number of ketones is 1. The Balaban J connectivity index is 2.63. The maximum Gasteiger partial charge on any atom is 0.163 e. The highest BCUT2D eigenvalue weighted by molar-refractivity contribution is 6.00. The average molecular weight is 178 g/mol. The molecule has 0 bridgehead atoms. The molecule has 0 saturated heterocycles. The van der Waals surface area contributed by atoms with Crippen LogP contribution < -0.4 is 0 Å². The molecular weight excluding hydrogens is 167 g/mol. The second-order valence-corrected chi connectivity index (χ2v) is 3.37. The van der Waals surface area contributed by atoms with Gasteiger partial charge in [0.05, 0.1) is 0 Å². The smallest absolute Gasteiger partial charge is 0.163 e. The number of rotatable bonds is 1. The van der Waals surface area contributed by atoms with Gasteiger partial charge in [0, 0.05) is 12.0 Å². The molecule has 1 aromatic carbocycles. The predicted molar refractivity (Wildman–Crippen MR) is 48.4 cm³/mol. The fourth-order valence-electron chi connectivity index (χ4n) is 1.93. The van der Waals surface area contributed by atoms with Crippen molar-refractivity contribution in [3.05, 3.63) is 34.6 Å². The van der Waals surface area contributed by atoms with Gasteiger partial charge in [0.2, 0.25) is 0 Å². The van der Waals surface area contributed by atoms with E-state index >= 15 is 0 Å². The second-order valence-electron chi connectivity index (χ2n) is 3.37. The molecule has 1 aromatic rings. The van der Waals surface area contributed by atoms with E-state index in [2.05, 4.69) is 0 Å². The van der Waals surface area contributed by atoms with E-state index in [0.717, 1.165) is 24.0 Å². The predicted octanol–water partition coefficient (Wildman–Crippen LogP) is 2.52. The van der Waals surface area contributed by atoms with Crippen molar-refractivity contribution >= 4 is 5.78 Å². The summed E-state index contributed by atoms with van der Waals surface area (Å²) in [6.45, 7) is 1.98. The zero-order chi connectivity index (χ0) is 9.42. The monoisotopic (exact) mass is 178 g/mol. The van der Waals surface area contributed by atoms with Crippen molar-refractivity contribution in [3.63, 3.8) is 0 Å². The van der Waals surface area contributed by atoms with Crippen molar-refractivity contribution in [1.82, 2.24) is 0 Å². The minimum absolute atomic E-state index is 0.0872. The van der Waals surface area contributed by atoms with Crippen LogP contribution in [0.5, 0.6) is 0 Å². The molecule has 0 saturated carbocycles. The third-order valence-electron chi connectivity index (χ3n) is 2.59. The molecule has 1 aliphatic carbocycles. The Kier molecular flexibility index (Phi) is 1.91. The van der Waals surface area contributed by atoms with Crippen molar-refractivity contribution in [2.24, 2.45) is 0 Å². The first-order valence-electron chi connectivity index (χ1n) is 4.57. The lowest BCUT2D eigenvalue weighted by Crippen LogP contribution is -1.96. The van der Waals surface area contributed by atoms with Gasteiger partial charge in [-0.05, 0) is 36.1 Å². The van der Waals surface area contributed by atoms with Gasteiger partial charge in [0.1, 0.15) is 5.82 Å². The van der Waals surface area contributed by atoms with Crippen molar-refractivity contribution in [2.45, 2.75) is 26.2 Å². The summed E-state index contributed by atoms with van der Waals surface area (Å²) in [5.41, 5.74) is 2.66. The van der Waals surface area contributed by atoms with Gasteiger partial charge >= 0.3 is 0 Å². The zero-order valence-electron chi connectivity index (χ0n) is 7.56. The van der Waals surface area contributed by atoms with Crippen LogP contribution in [0.3, 0.4) is 0 Å². The van der Waals surface area contributed by atoms with Gasteiger partial charge < -0.3 is 0 Å². The van der Waals surface area contributed by atoms with Crippen molar-refractivity contribution in [2.75, 3.05) is 0 Å². The Hall–Kier alpha value is -1.18. The summed E-state index contributed by atoms with van der Waals surface area (Å²) in [4.78, 5) is 11.3. The van der Waals surface area contributed by atoms with Crippen LogP contribution in [0.2, 0.25) is 0 Å². The Morgan fingerprint density at radius 2 is 2.15 bits per heavy atom. The molecule has 0 spiro atoms. The number of hydrogen-bond acceptors (Lipinski definition) is 1. The van der Waals surface area contributed by atoms with Crippen LogP contribution in [-0.4, -0.2) is 5.78 Å². The fourth-order valence-corrected chi connectivity index (χ4v) is 1.93. The SMILES string of the molecule is CCc1cc(F)cc2c1CCC2=O. The Bertz CT molecular complexity index is 369. The van der Waals surface area contributed by atoms with E-state index in [1.54, 1.807) is 0 Å². The summed E-state index contributed by atoms with van der Waals surface area (Å²) in [7, 11) is 0. The summed E-state index contributed by atoms with van der Waals surface area (Å²) in [6, 6.07) is 2.90. The molecule has 0 N–H and O–H groups in total. The molecule has 0 atom stereocenters. The average Bonchev–Trinajstić information content (AvgIpc) is 2.47. The molecule has 2 heteroatoms. The van der Waals surface area contributed by atoms with Crippen LogP contribution in [0.15, 0.2) is 12.1 Å². The lowest BCUT2D eigenvalue weighted by atomic mass is 10.0. The molecule has 0 aromatic heterocycles. The first-order valence-corrected chi connectivity index (χ1v) is 4.57. The number of Topliss-reactive ketones (excluding diaryl/α,β-unsaturated/α-hetero) is 1. The molecule has 68 valence electrons. The molecule has 0 heterocycles.